The molecule has 22 heavy (non-hydrogen) atoms. The van der Waals surface area contributed by atoms with Crippen LogP contribution in [0.15, 0.2) is 35.3 Å². The van der Waals surface area contributed by atoms with Crippen LogP contribution in [-0.4, -0.2) is 39.1 Å². The van der Waals surface area contributed by atoms with Crippen molar-refractivity contribution in [2.45, 2.75) is 6.92 Å². The largest absolute Gasteiger partial charge is 0.281 e. The molecule has 0 atom stereocenters. The van der Waals surface area contributed by atoms with Crippen molar-refractivity contribution in [3.05, 3.63) is 46.1 Å². The highest BCUT2D eigenvalue weighted by Crippen LogP contribution is 2.21. The fraction of sp³-hybridized carbons (Fsp3) is 0.231. The zero-order chi connectivity index (χ0) is 14.8. The van der Waals surface area contributed by atoms with Gasteiger partial charge < -0.3 is 0 Å². The molecule has 1 aromatic heterocycles. The number of nitro groups is 1. The number of aryl methyl sites for hydroxylation is 1. The van der Waals surface area contributed by atoms with Crippen LogP contribution in [0.4, 0.5) is 11.5 Å². The van der Waals surface area contributed by atoms with Crippen LogP contribution < -0.4 is 5.43 Å². The van der Waals surface area contributed by atoms with Gasteiger partial charge in [-0.1, -0.05) is 6.07 Å². The van der Waals surface area contributed by atoms with Gasteiger partial charge in [0, 0.05) is 18.2 Å². The van der Waals surface area contributed by atoms with Gasteiger partial charge in [0.15, 0.2) is 0 Å². The lowest BCUT2D eigenvalue weighted by Crippen LogP contribution is -2.27. The van der Waals surface area contributed by atoms with Crippen molar-refractivity contribution in [2.75, 3.05) is 18.5 Å². The molecule has 1 aliphatic rings. The van der Waals surface area contributed by atoms with Crippen molar-refractivity contribution < 1.29 is 4.92 Å². The van der Waals surface area contributed by atoms with E-state index in [9.17, 15) is 10.1 Å². The monoisotopic (exact) mass is 322 g/mol. The molecule has 0 saturated heterocycles. The van der Waals surface area contributed by atoms with Gasteiger partial charge in [0.25, 0.3) is 5.69 Å². The SMILES string of the molecule is Cc1cc(NN2C=NCC2)n(-c2cccc([N+](=O)[O-])c2)n1.Cl. The zero-order valence-corrected chi connectivity index (χ0v) is 12.7. The first-order chi connectivity index (χ1) is 10.1. The molecule has 1 N–H and O–H groups in total. The Morgan fingerprint density at radius 3 is 2.86 bits per heavy atom. The maximum absolute atomic E-state index is 10.9. The number of hydrogen-bond donors (Lipinski definition) is 1. The number of aliphatic imine (C=N–C) groups is 1. The van der Waals surface area contributed by atoms with E-state index in [-0.39, 0.29) is 18.1 Å². The molecule has 3 rings (SSSR count). The second-order valence-electron chi connectivity index (χ2n) is 4.69. The fourth-order valence-electron chi connectivity index (χ4n) is 2.13. The summed E-state index contributed by atoms with van der Waals surface area (Å²) in [7, 11) is 0. The van der Waals surface area contributed by atoms with Crippen LogP contribution in [0.2, 0.25) is 0 Å². The van der Waals surface area contributed by atoms with Gasteiger partial charge in [-0.2, -0.15) is 5.10 Å². The Balaban J connectivity index is 0.00000176. The summed E-state index contributed by atoms with van der Waals surface area (Å²) in [6, 6.07) is 8.26. The van der Waals surface area contributed by atoms with Gasteiger partial charge >= 0.3 is 0 Å². The number of hydrogen-bond acceptors (Lipinski definition) is 6. The summed E-state index contributed by atoms with van der Waals surface area (Å²) in [5.41, 5.74) is 4.68. The summed E-state index contributed by atoms with van der Waals surface area (Å²) >= 11 is 0. The Kier molecular flexibility index (Phi) is 4.62. The maximum atomic E-state index is 10.9. The van der Waals surface area contributed by atoms with Crippen LogP contribution in [0.25, 0.3) is 5.69 Å². The first kappa shape index (κ1) is 15.8. The van der Waals surface area contributed by atoms with Crippen molar-refractivity contribution in [2.24, 2.45) is 4.99 Å². The van der Waals surface area contributed by atoms with E-state index in [1.54, 1.807) is 23.2 Å². The molecular formula is C13H15ClN6O2. The highest BCUT2D eigenvalue weighted by molar-refractivity contribution is 5.85. The number of benzene rings is 1. The van der Waals surface area contributed by atoms with E-state index in [1.807, 2.05) is 18.0 Å². The minimum atomic E-state index is -0.417. The number of halogens is 1. The number of aromatic nitrogens is 2. The van der Waals surface area contributed by atoms with Gasteiger partial charge in [-0.15, -0.1) is 12.4 Å². The van der Waals surface area contributed by atoms with Crippen LogP contribution >= 0.6 is 12.4 Å². The summed E-state index contributed by atoms with van der Waals surface area (Å²) < 4.78 is 1.65. The van der Waals surface area contributed by atoms with Crippen LogP contribution in [0, 0.1) is 17.0 Å². The molecule has 0 radical (unpaired) electrons. The molecule has 2 heterocycles. The third-order valence-electron chi connectivity index (χ3n) is 3.07. The van der Waals surface area contributed by atoms with Crippen molar-refractivity contribution in [3.63, 3.8) is 0 Å². The average Bonchev–Trinajstić information content (AvgIpc) is 3.09. The standard InChI is InChI=1S/C13H14N6O2.ClH/c1-10-7-13(16-17-6-5-14-9-17)18(15-10)11-3-2-4-12(8-11)19(20)21;/h2-4,7-9,16H,5-6H2,1H3;1H. The van der Waals surface area contributed by atoms with Gasteiger partial charge in [0.2, 0.25) is 0 Å². The Morgan fingerprint density at radius 2 is 2.18 bits per heavy atom. The van der Waals surface area contributed by atoms with E-state index < -0.39 is 4.92 Å². The summed E-state index contributed by atoms with van der Waals surface area (Å²) in [5.74, 6) is 0.737. The number of rotatable bonds is 4. The molecule has 0 aliphatic carbocycles. The van der Waals surface area contributed by atoms with Crippen LogP contribution in [0.5, 0.6) is 0 Å². The van der Waals surface area contributed by atoms with Crippen LogP contribution in [0.3, 0.4) is 0 Å². The Morgan fingerprint density at radius 1 is 1.36 bits per heavy atom. The molecule has 0 saturated carbocycles. The molecule has 0 fully saturated rings. The molecule has 2 aromatic rings. The quantitative estimate of drug-likeness (QED) is 0.688. The van der Waals surface area contributed by atoms with E-state index in [4.69, 9.17) is 0 Å². The summed E-state index contributed by atoms with van der Waals surface area (Å²) in [6.07, 6.45) is 1.72. The molecule has 9 heteroatoms. The first-order valence-electron chi connectivity index (χ1n) is 6.48. The fourth-order valence-corrected chi connectivity index (χ4v) is 2.13. The van der Waals surface area contributed by atoms with Crippen molar-refractivity contribution in [3.8, 4) is 5.69 Å². The Hall–Kier alpha value is -2.61. The second kappa shape index (κ2) is 6.44. The number of non-ortho nitro benzene ring substituents is 1. The van der Waals surface area contributed by atoms with Gasteiger partial charge in [-0.05, 0) is 13.0 Å². The predicted molar refractivity (Wildman–Crippen MR) is 85.9 cm³/mol. The lowest BCUT2D eigenvalue weighted by molar-refractivity contribution is -0.384. The van der Waals surface area contributed by atoms with E-state index in [1.165, 1.54) is 12.1 Å². The highest BCUT2D eigenvalue weighted by Gasteiger charge is 2.14. The molecular weight excluding hydrogens is 308 g/mol. The van der Waals surface area contributed by atoms with Crippen LogP contribution in [0.1, 0.15) is 5.69 Å². The Bertz CT molecular complexity index is 714. The topological polar surface area (TPSA) is 88.6 Å². The van der Waals surface area contributed by atoms with Gasteiger partial charge in [0.05, 0.1) is 29.4 Å². The number of nitrogens with zero attached hydrogens (tertiary/aromatic N) is 5. The molecule has 8 nitrogen and oxygen atoms in total. The van der Waals surface area contributed by atoms with Crippen molar-refractivity contribution in [1.29, 1.82) is 0 Å². The third kappa shape index (κ3) is 3.17. The van der Waals surface area contributed by atoms with E-state index in [2.05, 4.69) is 15.5 Å². The molecule has 0 unspecified atom stereocenters. The normalized spacial score (nSPS) is 13.0. The van der Waals surface area contributed by atoms with Gasteiger partial charge in [0.1, 0.15) is 12.2 Å². The van der Waals surface area contributed by atoms with Gasteiger partial charge in [-0.3, -0.25) is 25.5 Å². The summed E-state index contributed by atoms with van der Waals surface area (Å²) in [5, 5.41) is 17.1. The summed E-state index contributed by atoms with van der Waals surface area (Å²) in [4.78, 5) is 14.6. The average molecular weight is 323 g/mol. The molecule has 0 spiro atoms. The maximum Gasteiger partial charge on any atom is 0.271 e. The Labute approximate surface area is 133 Å². The van der Waals surface area contributed by atoms with E-state index >= 15 is 0 Å². The minimum absolute atomic E-state index is 0. The first-order valence-corrected chi connectivity index (χ1v) is 6.48. The number of anilines is 1. The third-order valence-corrected chi connectivity index (χ3v) is 3.07. The van der Waals surface area contributed by atoms with Gasteiger partial charge in [-0.25, -0.2) is 4.68 Å². The number of hydrazine groups is 1. The predicted octanol–water partition coefficient (Wildman–Crippen LogP) is 2.18. The molecule has 0 amide bonds. The van der Waals surface area contributed by atoms with E-state index in [0.717, 1.165) is 24.6 Å². The highest BCUT2D eigenvalue weighted by atomic mass is 35.5. The lowest BCUT2D eigenvalue weighted by Gasteiger charge is -2.17. The zero-order valence-electron chi connectivity index (χ0n) is 11.8. The van der Waals surface area contributed by atoms with Crippen LogP contribution in [-0.2, 0) is 0 Å². The second-order valence-corrected chi connectivity index (χ2v) is 4.69. The van der Waals surface area contributed by atoms with Crippen molar-refractivity contribution in [1.82, 2.24) is 14.8 Å². The smallest absolute Gasteiger partial charge is 0.271 e. The van der Waals surface area contributed by atoms with E-state index in [0.29, 0.717) is 5.69 Å². The molecule has 0 bridgehead atoms. The van der Waals surface area contributed by atoms with Crippen molar-refractivity contribution >= 4 is 30.3 Å². The minimum Gasteiger partial charge on any atom is -0.281 e. The molecule has 116 valence electrons. The molecule has 1 aliphatic heterocycles. The summed E-state index contributed by atoms with van der Waals surface area (Å²) in [6.45, 7) is 3.40. The number of nitro benzene ring substituents is 1. The lowest BCUT2D eigenvalue weighted by atomic mass is 10.3. The number of nitrogens with one attached hydrogen (secondary N) is 1. The molecule has 1 aromatic carbocycles.